The van der Waals surface area contributed by atoms with E-state index in [9.17, 15) is 4.79 Å². The smallest absolute Gasteiger partial charge is 0.336 e. The van der Waals surface area contributed by atoms with Crippen molar-refractivity contribution in [2.45, 2.75) is 33.2 Å². The number of benzene rings is 2. The van der Waals surface area contributed by atoms with E-state index in [1.807, 2.05) is 38.1 Å². The maximum atomic E-state index is 12.0. The van der Waals surface area contributed by atoms with E-state index >= 15 is 0 Å². The lowest BCUT2D eigenvalue weighted by molar-refractivity contribution is 0.553. The number of fused-ring (bicyclic) bond motifs is 1. The molecule has 0 radical (unpaired) electrons. The number of hydrogen-bond donors (Lipinski definition) is 0. The summed E-state index contributed by atoms with van der Waals surface area (Å²) in [7, 11) is 0. The van der Waals surface area contributed by atoms with Crippen LogP contribution in [0.1, 0.15) is 28.1 Å². The van der Waals surface area contributed by atoms with Crippen LogP contribution in [0.3, 0.4) is 0 Å². The molecule has 0 saturated carbocycles. The number of rotatable bonds is 5. The molecule has 0 atom stereocenters. The van der Waals surface area contributed by atoms with Gasteiger partial charge in [-0.2, -0.15) is 0 Å². The third-order valence-electron chi connectivity index (χ3n) is 4.85. The van der Waals surface area contributed by atoms with Crippen LogP contribution in [0.4, 0.5) is 0 Å². The molecule has 2 heterocycles. The summed E-state index contributed by atoms with van der Waals surface area (Å²) in [4.78, 5) is 12.0. The molecule has 0 N–H and O–H groups in total. The van der Waals surface area contributed by atoms with Gasteiger partial charge in [0.25, 0.3) is 0 Å². The van der Waals surface area contributed by atoms with Gasteiger partial charge in [-0.05, 0) is 65.1 Å². The lowest BCUT2D eigenvalue weighted by Gasteiger charge is -2.09. The summed E-state index contributed by atoms with van der Waals surface area (Å²) in [5, 5.41) is 13.0. The van der Waals surface area contributed by atoms with E-state index in [-0.39, 0.29) is 5.63 Å². The molecule has 0 bridgehead atoms. The minimum absolute atomic E-state index is 0.361. The molecule has 0 aliphatic rings. The maximum Gasteiger partial charge on any atom is 0.336 e. The van der Waals surface area contributed by atoms with Gasteiger partial charge in [-0.15, -0.1) is 5.10 Å². The Morgan fingerprint density at radius 2 is 1.78 bits per heavy atom. The van der Waals surface area contributed by atoms with Gasteiger partial charge in [0.05, 0.1) is 6.54 Å². The van der Waals surface area contributed by atoms with Gasteiger partial charge in [0.2, 0.25) is 0 Å². The highest BCUT2D eigenvalue weighted by atomic mass is 16.4. The van der Waals surface area contributed by atoms with Gasteiger partial charge in [-0.1, -0.05) is 30.3 Å². The Balaban J connectivity index is 1.64. The van der Waals surface area contributed by atoms with Crippen LogP contribution in [-0.2, 0) is 19.4 Å². The summed E-state index contributed by atoms with van der Waals surface area (Å²) < 4.78 is 7.13. The molecular formula is C21H20N4O2. The van der Waals surface area contributed by atoms with Crippen LogP contribution in [0, 0.1) is 13.8 Å². The van der Waals surface area contributed by atoms with E-state index in [1.165, 1.54) is 11.6 Å². The Hall–Kier alpha value is -3.28. The summed E-state index contributed by atoms with van der Waals surface area (Å²) in [5.74, 6) is 0.795. The highest BCUT2D eigenvalue weighted by molar-refractivity contribution is 5.81. The van der Waals surface area contributed by atoms with E-state index in [1.54, 1.807) is 4.68 Å². The molecule has 0 spiro atoms. The summed E-state index contributed by atoms with van der Waals surface area (Å²) >= 11 is 0. The van der Waals surface area contributed by atoms with Crippen molar-refractivity contribution in [1.29, 1.82) is 0 Å². The molecule has 0 saturated heterocycles. The Morgan fingerprint density at radius 3 is 2.59 bits per heavy atom. The number of nitrogens with zero attached hydrogens (tertiary/aromatic N) is 4. The molecule has 6 nitrogen and oxygen atoms in total. The first kappa shape index (κ1) is 17.1. The molecule has 4 rings (SSSR count). The predicted molar refractivity (Wildman–Crippen MR) is 103 cm³/mol. The van der Waals surface area contributed by atoms with Crippen molar-refractivity contribution in [3.8, 4) is 0 Å². The summed E-state index contributed by atoms with van der Waals surface area (Å²) in [6.07, 6.45) is 1.59. The van der Waals surface area contributed by atoms with Crippen LogP contribution in [0.15, 0.2) is 57.7 Å². The van der Waals surface area contributed by atoms with Crippen LogP contribution in [0.25, 0.3) is 11.0 Å². The van der Waals surface area contributed by atoms with Crippen molar-refractivity contribution < 1.29 is 4.42 Å². The predicted octanol–water partition coefficient (Wildman–Crippen LogP) is 3.23. The van der Waals surface area contributed by atoms with E-state index in [0.717, 1.165) is 40.7 Å². The molecule has 0 aliphatic heterocycles. The molecular weight excluding hydrogens is 340 g/mol. The molecule has 136 valence electrons. The van der Waals surface area contributed by atoms with E-state index in [2.05, 4.69) is 33.7 Å². The SMILES string of the molecule is Cc1cc2oc(=O)cc(Cn3nnnc3CCc3ccccc3)c2cc1C. The van der Waals surface area contributed by atoms with E-state index < -0.39 is 0 Å². The molecule has 4 aromatic rings. The largest absolute Gasteiger partial charge is 0.423 e. The van der Waals surface area contributed by atoms with Gasteiger partial charge in [-0.25, -0.2) is 9.48 Å². The first-order valence-electron chi connectivity index (χ1n) is 8.93. The Morgan fingerprint density at radius 1 is 1.00 bits per heavy atom. The first-order chi connectivity index (χ1) is 13.1. The fourth-order valence-corrected chi connectivity index (χ4v) is 3.20. The van der Waals surface area contributed by atoms with Crippen LogP contribution in [-0.4, -0.2) is 20.2 Å². The van der Waals surface area contributed by atoms with Gasteiger partial charge in [-0.3, -0.25) is 0 Å². The molecule has 27 heavy (non-hydrogen) atoms. The lowest BCUT2D eigenvalue weighted by atomic mass is 10.0. The molecule has 2 aromatic carbocycles. The minimum atomic E-state index is -0.361. The normalized spacial score (nSPS) is 11.2. The number of aromatic nitrogens is 4. The van der Waals surface area contributed by atoms with Gasteiger partial charge in [0.15, 0.2) is 5.82 Å². The van der Waals surface area contributed by atoms with Crippen LogP contribution < -0.4 is 5.63 Å². The summed E-state index contributed by atoms with van der Waals surface area (Å²) in [6, 6.07) is 15.7. The molecule has 6 heteroatoms. The van der Waals surface area contributed by atoms with Crippen LogP contribution in [0.2, 0.25) is 0 Å². The quantitative estimate of drug-likeness (QED) is 0.511. The molecule has 0 unspecified atom stereocenters. The van der Waals surface area contributed by atoms with Crippen LogP contribution >= 0.6 is 0 Å². The highest BCUT2D eigenvalue weighted by Gasteiger charge is 2.12. The second kappa shape index (κ2) is 7.15. The van der Waals surface area contributed by atoms with Crippen LogP contribution in [0.5, 0.6) is 0 Å². The summed E-state index contributed by atoms with van der Waals surface area (Å²) in [6.45, 7) is 4.48. The van der Waals surface area contributed by atoms with E-state index in [4.69, 9.17) is 4.42 Å². The number of aryl methyl sites for hydroxylation is 4. The fourth-order valence-electron chi connectivity index (χ4n) is 3.20. The lowest BCUT2D eigenvalue weighted by Crippen LogP contribution is -2.11. The maximum absolute atomic E-state index is 12.0. The zero-order valence-corrected chi connectivity index (χ0v) is 15.3. The van der Waals surface area contributed by atoms with Crippen molar-refractivity contribution in [3.05, 3.63) is 87.0 Å². The fraction of sp³-hybridized carbons (Fsp3) is 0.238. The zero-order valence-electron chi connectivity index (χ0n) is 15.3. The standard InChI is InChI=1S/C21H20N4O2/c1-14-10-18-17(12-21(26)27-19(18)11-15(14)2)13-25-20(22-23-24-25)9-8-16-6-4-3-5-7-16/h3-7,10-12H,8-9,13H2,1-2H3. The minimum Gasteiger partial charge on any atom is -0.423 e. The molecule has 0 amide bonds. The Bertz CT molecular complexity index is 1150. The third-order valence-corrected chi connectivity index (χ3v) is 4.85. The second-order valence-electron chi connectivity index (χ2n) is 6.76. The van der Waals surface area contributed by atoms with Gasteiger partial charge in [0.1, 0.15) is 5.58 Å². The highest BCUT2D eigenvalue weighted by Crippen LogP contribution is 2.22. The van der Waals surface area contributed by atoms with Gasteiger partial charge >= 0.3 is 5.63 Å². The van der Waals surface area contributed by atoms with Crippen molar-refractivity contribution in [2.24, 2.45) is 0 Å². The number of hydrogen-bond acceptors (Lipinski definition) is 5. The molecule has 0 fully saturated rings. The molecule has 0 aliphatic carbocycles. The van der Waals surface area contributed by atoms with E-state index in [0.29, 0.717) is 12.1 Å². The monoisotopic (exact) mass is 360 g/mol. The Kier molecular flexibility index (Phi) is 4.54. The van der Waals surface area contributed by atoms with Crippen molar-refractivity contribution in [1.82, 2.24) is 20.2 Å². The summed E-state index contributed by atoms with van der Waals surface area (Å²) in [5.41, 5.74) is 4.58. The Labute approximate surface area is 156 Å². The third kappa shape index (κ3) is 3.65. The number of tetrazole rings is 1. The van der Waals surface area contributed by atoms with Crippen molar-refractivity contribution in [3.63, 3.8) is 0 Å². The second-order valence-corrected chi connectivity index (χ2v) is 6.76. The zero-order chi connectivity index (χ0) is 18.8. The first-order valence-corrected chi connectivity index (χ1v) is 8.93. The topological polar surface area (TPSA) is 73.8 Å². The van der Waals surface area contributed by atoms with Crippen molar-refractivity contribution >= 4 is 11.0 Å². The average Bonchev–Trinajstić information content (AvgIpc) is 3.09. The van der Waals surface area contributed by atoms with Gasteiger partial charge < -0.3 is 4.42 Å². The molecule has 2 aromatic heterocycles. The average molecular weight is 360 g/mol. The van der Waals surface area contributed by atoms with Gasteiger partial charge in [0, 0.05) is 17.9 Å². The van der Waals surface area contributed by atoms with Crippen molar-refractivity contribution in [2.75, 3.05) is 0 Å².